The zero-order chi connectivity index (χ0) is 32.8. The molecule has 0 amide bonds. The Hall–Kier alpha value is -4.57. The molecule has 9 nitrogen and oxygen atoms in total. The molecule has 0 radical (unpaired) electrons. The molecule has 0 saturated heterocycles. The van der Waals surface area contributed by atoms with Crippen molar-refractivity contribution >= 4 is 11.9 Å². The van der Waals surface area contributed by atoms with Gasteiger partial charge >= 0.3 is 24.3 Å². The summed E-state index contributed by atoms with van der Waals surface area (Å²) in [4.78, 5) is 39.3. The third-order valence-electron chi connectivity index (χ3n) is 4.99. The molecular formula is C27H27F7N4O5. The van der Waals surface area contributed by atoms with Crippen molar-refractivity contribution in [1.82, 2.24) is 14.9 Å². The minimum atomic E-state index is -5.08. The number of nitrogens with one attached hydrogen (secondary N) is 1. The van der Waals surface area contributed by atoms with Gasteiger partial charge in [-0.2, -0.15) is 26.3 Å². The van der Waals surface area contributed by atoms with Crippen molar-refractivity contribution in [1.29, 1.82) is 0 Å². The summed E-state index contributed by atoms with van der Waals surface area (Å²) in [5, 5.41) is 14.2. The second-order valence-corrected chi connectivity index (χ2v) is 8.51. The van der Waals surface area contributed by atoms with Gasteiger partial charge in [0.2, 0.25) is 0 Å². The first-order valence-corrected chi connectivity index (χ1v) is 12.0. The zero-order valence-corrected chi connectivity index (χ0v) is 22.3. The van der Waals surface area contributed by atoms with Gasteiger partial charge < -0.3 is 20.9 Å². The summed E-state index contributed by atoms with van der Waals surface area (Å²) in [6.07, 6.45) is -7.76. The molecule has 0 atom stereocenters. The van der Waals surface area contributed by atoms with Crippen molar-refractivity contribution in [2.75, 3.05) is 13.1 Å². The van der Waals surface area contributed by atoms with Gasteiger partial charge in [0.05, 0.1) is 0 Å². The normalized spacial score (nSPS) is 11.1. The van der Waals surface area contributed by atoms with Crippen LogP contribution in [-0.2, 0) is 29.1 Å². The van der Waals surface area contributed by atoms with Crippen LogP contribution in [0.2, 0.25) is 0 Å². The van der Waals surface area contributed by atoms with E-state index in [1.807, 2.05) is 30.3 Å². The highest BCUT2D eigenvalue weighted by molar-refractivity contribution is 5.73. The van der Waals surface area contributed by atoms with Crippen LogP contribution < -0.4 is 11.3 Å². The lowest BCUT2D eigenvalue weighted by molar-refractivity contribution is -0.193. The summed E-state index contributed by atoms with van der Waals surface area (Å²) >= 11 is 0. The fourth-order valence-electron chi connectivity index (χ4n) is 3.21. The highest BCUT2D eigenvalue weighted by Crippen LogP contribution is 2.18. The highest BCUT2D eigenvalue weighted by atomic mass is 19.4. The van der Waals surface area contributed by atoms with Crippen LogP contribution in [0.25, 0.3) is 11.4 Å². The van der Waals surface area contributed by atoms with Crippen LogP contribution in [0.4, 0.5) is 30.7 Å². The number of carbonyl (C=O) groups is 2. The summed E-state index contributed by atoms with van der Waals surface area (Å²) in [7, 11) is 0. The third-order valence-corrected chi connectivity index (χ3v) is 4.99. The average molecular weight is 621 g/mol. The molecule has 3 rings (SSSR count). The van der Waals surface area contributed by atoms with Crippen molar-refractivity contribution in [3.05, 3.63) is 100 Å². The largest absolute Gasteiger partial charge is 0.490 e. The summed E-state index contributed by atoms with van der Waals surface area (Å²) in [5.41, 5.74) is 9.05. The lowest BCUT2D eigenvalue weighted by Gasteiger charge is -2.21. The van der Waals surface area contributed by atoms with Crippen molar-refractivity contribution in [2.45, 2.75) is 31.9 Å². The van der Waals surface area contributed by atoms with Gasteiger partial charge in [-0.25, -0.2) is 19.0 Å². The number of halogens is 7. The van der Waals surface area contributed by atoms with E-state index in [1.54, 1.807) is 12.1 Å². The number of benzene rings is 2. The maximum atomic E-state index is 13.2. The summed E-state index contributed by atoms with van der Waals surface area (Å²) < 4.78 is 76.6. The Bertz CT molecular complexity index is 1380. The molecular weight excluding hydrogens is 593 g/mol. The van der Waals surface area contributed by atoms with Gasteiger partial charge in [0.1, 0.15) is 11.6 Å². The standard InChI is InChI=1S/C23H25FN4O.2C2HF3O2/c1-2-12-28(15-17-6-8-20(24)9-7-17)16-18-4-3-5-19(13-18)23-26-21(10-11-25)14-22(29)27-23;2*3-2(4,5)1(6)7/h2-9,13-14H,1,10-12,15-16,25H2,(H,26,27,29);2*(H,6,7). The van der Waals surface area contributed by atoms with E-state index in [1.165, 1.54) is 18.2 Å². The minimum absolute atomic E-state index is 0.187. The Labute approximate surface area is 240 Å². The first-order chi connectivity index (χ1) is 20.0. The van der Waals surface area contributed by atoms with E-state index in [0.717, 1.165) is 16.7 Å². The van der Waals surface area contributed by atoms with Crippen molar-refractivity contribution < 1.29 is 50.5 Å². The molecule has 5 N–H and O–H groups in total. The number of carboxylic acid groups (broad SMARTS) is 2. The van der Waals surface area contributed by atoms with Gasteiger partial charge in [0.25, 0.3) is 5.56 Å². The molecule has 234 valence electrons. The fraction of sp³-hybridized carbons (Fsp3) is 0.259. The van der Waals surface area contributed by atoms with E-state index in [4.69, 9.17) is 25.5 Å². The predicted molar refractivity (Wildman–Crippen MR) is 141 cm³/mol. The van der Waals surface area contributed by atoms with Gasteiger partial charge in [0.15, 0.2) is 0 Å². The number of nitrogens with zero attached hydrogens (tertiary/aromatic N) is 2. The number of rotatable bonds is 9. The molecule has 0 bridgehead atoms. The molecule has 0 spiro atoms. The number of aromatic amines is 1. The number of hydrogen-bond donors (Lipinski definition) is 4. The highest BCUT2D eigenvalue weighted by Gasteiger charge is 2.38. The number of H-pyrrole nitrogens is 1. The van der Waals surface area contributed by atoms with Crippen LogP contribution in [0, 0.1) is 5.82 Å². The van der Waals surface area contributed by atoms with E-state index in [0.29, 0.717) is 44.1 Å². The molecule has 1 aromatic heterocycles. The average Bonchev–Trinajstić information content (AvgIpc) is 2.90. The maximum Gasteiger partial charge on any atom is 0.490 e. The second-order valence-electron chi connectivity index (χ2n) is 8.51. The fourth-order valence-corrected chi connectivity index (χ4v) is 3.21. The van der Waals surface area contributed by atoms with Crippen molar-refractivity contribution in [2.24, 2.45) is 5.73 Å². The number of hydrogen-bond acceptors (Lipinski definition) is 6. The molecule has 3 aromatic rings. The van der Waals surface area contributed by atoms with Gasteiger partial charge in [-0.1, -0.05) is 36.4 Å². The Morgan fingerprint density at radius 1 is 0.930 bits per heavy atom. The third kappa shape index (κ3) is 14.2. The molecule has 1 heterocycles. The topological polar surface area (TPSA) is 150 Å². The molecule has 0 fully saturated rings. The summed E-state index contributed by atoms with van der Waals surface area (Å²) in [6, 6.07) is 15.9. The van der Waals surface area contributed by atoms with E-state index in [2.05, 4.69) is 21.4 Å². The lowest BCUT2D eigenvalue weighted by Crippen LogP contribution is -2.22. The van der Waals surface area contributed by atoms with Gasteiger partial charge in [0, 0.05) is 43.4 Å². The molecule has 0 aliphatic rings. The van der Waals surface area contributed by atoms with Crippen molar-refractivity contribution in [3.63, 3.8) is 0 Å². The second kappa shape index (κ2) is 16.8. The van der Waals surface area contributed by atoms with Crippen LogP contribution in [0.5, 0.6) is 0 Å². The quantitative estimate of drug-likeness (QED) is 0.201. The Morgan fingerprint density at radius 2 is 1.47 bits per heavy atom. The lowest BCUT2D eigenvalue weighted by atomic mass is 10.1. The molecule has 2 aromatic carbocycles. The van der Waals surface area contributed by atoms with E-state index < -0.39 is 24.3 Å². The molecule has 0 aliphatic carbocycles. The van der Waals surface area contributed by atoms with Gasteiger partial charge in [-0.15, -0.1) is 6.58 Å². The minimum Gasteiger partial charge on any atom is -0.475 e. The van der Waals surface area contributed by atoms with Crippen LogP contribution in [0.1, 0.15) is 16.8 Å². The van der Waals surface area contributed by atoms with E-state index in [9.17, 15) is 35.5 Å². The number of nitrogens with two attached hydrogens (primary N) is 1. The van der Waals surface area contributed by atoms with Gasteiger partial charge in [-0.05, 0) is 35.9 Å². The first kappa shape index (κ1) is 36.5. The Kier molecular flexibility index (Phi) is 14.2. The number of alkyl halides is 6. The number of aliphatic carboxylic acids is 2. The van der Waals surface area contributed by atoms with Crippen LogP contribution >= 0.6 is 0 Å². The Morgan fingerprint density at radius 3 is 1.95 bits per heavy atom. The summed E-state index contributed by atoms with van der Waals surface area (Å²) in [6.45, 7) is 6.34. The molecule has 0 saturated carbocycles. The van der Waals surface area contributed by atoms with E-state index >= 15 is 0 Å². The number of aromatic nitrogens is 2. The molecule has 43 heavy (non-hydrogen) atoms. The predicted octanol–water partition coefficient (Wildman–Crippen LogP) is 4.53. The van der Waals surface area contributed by atoms with Crippen LogP contribution in [-0.4, -0.2) is 62.5 Å². The Balaban J connectivity index is 0.000000548. The van der Waals surface area contributed by atoms with Crippen LogP contribution in [0.3, 0.4) is 0 Å². The van der Waals surface area contributed by atoms with Crippen LogP contribution in [0.15, 0.2) is 72.0 Å². The molecule has 16 heteroatoms. The first-order valence-electron chi connectivity index (χ1n) is 12.0. The van der Waals surface area contributed by atoms with E-state index in [-0.39, 0.29) is 11.4 Å². The van der Waals surface area contributed by atoms with Crippen molar-refractivity contribution in [3.8, 4) is 11.4 Å². The molecule has 0 unspecified atom stereocenters. The maximum absolute atomic E-state index is 13.2. The number of carboxylic acids is 2. The summed E-state index contributed by atoms with van der Waals surface area (Å²) in [5.74, 6) is -5.22. The molecule has 0 aliphatic heterocycles. The zero-order valence-electron chi connectivity index (χ0n) is 22.3. The van der Waals surface area contributed by atoms with Gasteiger partial charge in [-0.3, -0.25) is 9.69 Å². The SMILES string of the molecule is C=CCN(Cc1ccc(F)cc1)Cc1cccc(-c2nc(CCN)cc(=O)[nH]2)c1.O=C(O)C(F)(F)F.O=C(O)C(F)(F)F. The monoisotopic (exact) mass is 620 g/mol. The smallest absolute Gasteiger partial charge is 0.475 e.